The smallest absolute Gasteiger partial charge is 0.135 e. The van der Waals surface area contributed by atoms with Gasteiger partial charge in [0.05, 0.1) is 0 Å². The number of hydrogen-bond donors (Lipinski definition) is 1. The summed E-state index contributed by atoms with van der Waals surface area (Å²) in [5.41, 5.74) is 7.60. The number of benzene rings is 1. The van der Waals surface area contributed by atoms with Gasteiger partial charge in [-0.05, 0) is 25.0 Å². The molecule has 2 heteroatoms. The van der Waals surface area contributed by atoms with E-state index in [9.17, 15) is 4.39 Å². The maximum absolute atomic E-state index is 13.4. The Kier molecular flexibility index (Phi) is 2.18. The second-order valence-corrected chi connectivity index (χ2v) is 2.91. The van der Waals surface area contributed by atoms with Crippen molar-refractivity contribution in [1.82, 2.24) is 0 Å². The molecule has 1 nitrogen and oxygen atoms in total. The van der Waals surface area contributed by atoms with Gasteiger partial charge in [-0.1, -0.05) is 18.7 Å². The molecule has 0 spiro atoms. The molecular formula is C10H12FN. The number of rotatable bonds is 1. The average molecular weight is 165 g/mol. The van der Waals surface area contributed by atoms with E-state index in [0.717, 1.165) is 5.56 Å². The van der Waals surface area contributed by atoms with Crippen LogP contribution in [0.2, 0.25) is 0 Å². The van der Waals surface area contributed by atoms with Crippen molar-refractivity contribution >= 4 is 5.70 Å². The minimum Gasteiger partial charge on any atom is -0.399 e. The van der Waals surface area contributed by atoms with Gasteiger partial charge in [0.25, 0.3) is 0 Å². The van der Waals surface area contributed by atoms with Crippen molar-refractivity contribution in [1.29, 1.82) is 0 Å². The van der Waals surface area contributed by atoms with Gasteiger partial charge < -0.3 is 5.73 Å². The first-order valence-electron chi connectivity index (χ1n) is 3.74. The summed E-state index contributed by atoms with van der Waals surface area (Å²) in [6.07, 6.45) is 0. The average Bonchev–Trinajstić information content (AvgIpc) is 1.97. The summed E-state index contributed by atoms with van der Waals surface area (Å²) in [5.74, 6) is -0.262. The molecule has 0 aliphatic carbocycles. The summed E-state index contributed by atoms with van der Waals surface area (Å²) in [7, 11) is 0. The fourth-order valence-electron chi connectivity index (χ4n) is 1.17. The molecule has 0 atom stereocenters. The second-order valence-electron chi connectivity index (χ2n) is 2.91. The highest BCUT2D eigenvalue weighted by atomic mass is 19.1. The summed E-state index contributed by atoms with van der Waals surface area (Å²) in [4.78, 5) is 0. The van der Waals surface area contributed by atoms with E-state index in [0.29, 0.717) is 11.1 Å². The van der Waals surface area contributed by atoms with E-state index in [1.807, 2.05) is 13.0 Å². The van der Waals surface area contributed by atoms with Crippen LogP contribution in [0.15, 0.2) is 18.7 Å². The van der Waals surface area contributed by atoms with Crippen LogP contribution in [-0.4, -0.2) is 0 Å². The quantitative estimate of drug-likeness (QED) is 0.679. The van der Waals surface area contributed by atoms with E-state index in [-0.39, 0.29) is 11.5 Å². The lowest BCUT2D eigenvalue weighted by atomic mass is 10.0. The molecule has 64 valence electrons. The number of hydrogen-bond acceptors (Lipinski definition) is 1. The van der Waals surface area contributed by atoms with Crippen molar-refractivity contribution < 1.29 is 4.39 Å². The van der Waals surface area contributed by atoms with Crippen LogP contribution in [0, 0.1) is 19.7 Å². The first kappa shape index (κ1) is 8.78. The highest BCUT2D eigenvalue weighted by molar-refractivity contribution is 5.64. The van der Waals surface area contributed by atoms with Crippen LogP contribution < -0.4 is 5.73 Å². The van der Waals surface area contributed by atoms with Crippen LogP contribution in [0.1, 0.15) is 16.7 Å². The summed E-state index contributed by atoms with van der Waals surface area (Å²) in [6.45, 7) is 7.05. The molecule has 2 N–H and O–H groups in total. The maximum atomic E-state index is 13.4. The lowest BCUT2D eigenvalue weighted by Crippen LogP contribution is -2.02. The minimum absolute atomic E-state index is 0.262. The second kappa shape index (κ2) is 2.97. The van der Waals surface area contributed by atoms with Crippen molar-refractivity contribution in [2.24, 2.45) is 5.73 Å². The first-order chi connectivity index (χ1) is 5.54. The normalized spacial score (nSPS) is 9.92. The first-order valence-corrected chi connectivity index (χ1v) is 3.74. The van der Waals surface area contributed by atoms with Crippen LogP contribution in [0.3, 0.4) is 0 Å². The maximum Gasteiger partial charge on any atom is 0.135 e. The van der Waals surface area contributed by atoms with Gasteiger partial charge in [-0.2, -0.15) is 0 Å². The van der Waals surface area contributed by atoms with Crippen LogP contribution in [-0.2, 0) is 0 Å². The van der Waals surface area contributed by atoms with Gasteiger partial charge in [-0.25, -0.2) is 4.39 Å². The van der Waals surface area contributed by atoms with Crippen LogP contribution >= 0.6 is 0 Å². The topological polar surface area (TPSA) is 26.0 Å². The van der Waals surface area contributed by atoms with Gasteiger partial charge in [-0.15, -0.1) is 0 Å². The Morgan fingerprint density at radius 2 is 1.83 bits per heavy atom. The molecule has 0 unspecified atom stereocenters. The Bertz CT molecular complexity index is 329. The molecule has 0 amide bonds. The van der Waals surface area contributed by atoms with E-state index in [2.05, 4.69) is 6.58 Å². The Labute approximate surface area is 71.7 Å². The van der Waals surface area contributed by atoms with Crippen LogP contribution in [0.5, 0.6) is 0 Å². The monoisotopic (exact) mass is 165 g/mol. The van der Waals surface area contributed by atoms with E-state index >= 15 is 0 Å². The fraction of sp³-hybridized carbons (Fsp3) is 0.200. The van der Waals surface area contributed by atoms with Gasteiger partial charge in [0.2, 0.25) is 0 Å². The number of nitrogens with two attached hydrogens (primary N) is 1. The third kappa shape index (κ3) is 1.33. The Morgan fingerprint density at radius 3 is 2.25 bits per heavy atom. The molecule has 1 aromatic carbocycles. The highest BCUT2D eigenvalue weighted by Gasteiger charge is 2.08. The number of aryl methyl sites for hydroxylation is 2. The molecule has 0 bridgehead atoms. The van der Waals surface area contributed by atoms with E-state index < -0.39 is 0 Å². The van der Waals surface area contributed by atoms with Crippen LogP contribution in [0.4, 0.5) is 4.39 Å². The summed E-state index contributed by atoms with van der Waals surface area (Å²) < 4.78 is 13.4. The summed E-state index contributed by atoms with van der Waals surface area (Å²) in [5, 5.41) is 0. The van der Waals surface area contributed by atoms with Gasteiger partial charge in [0, 0.05) is 11.3 Å². The molecule has 0 saturated carbocycles. The SMILES string of the molecule is C=C(N)c1c(C)ccc(C)c1F. The Balaban J connectivity index is 3.43. The zero-order chi connectivity index (χ0) is 9.30. The molecular weight excluding hydrogens is 153 g/mol. The molecule has 1 aromatic rings. The Hall–Kier alpha value is -1.31. The predicted molar refractivity (Wildman–Crippen MR) is 49.1 cm³/mol. The zero-order valence-electron chi connectivity index (χ0n) is 7.32. The summed E-state index contributed by atoms with van der Waals surface area (Å²) >= 11 is 0. The van der Waals surface area contributed by atoms with Crippen molar-refractivity contribution in [2.45, 2.75) is 13.8 Å². The standard InChI is InChI=1S/C10H12FN/c1-6-4-5-7(2)10(11)9(6)8(3)12/h4-5H,3,12H2,1-2H3. The lowest BCUT2D eigenvalue weighted by Gasteiger charge is -2.07. The van der Waals surface area contributed by atoms with Crippen molar-refractivity contribution in [2.75, 3.05) is 0 Å². The number of halogens is 1. The lowest BCUT2D eigenvalue weighted by molar-refractivity contribution is 0.613. The van der Waals surface area contributed by atoms with E-state index in [4.69, 9.17) is 5.73 Å². The van der Waals surface area contributed by atoms with Gasteiger partial charge in [0.1, 0.15) is 5.82 Å². The van der Waals surface area contributed by atoms with Crippen molar-refractivity contribution in [3.8, 4) is 0 Å². The predicted octanol–water partition coefficient (Wildman–Crippen LogP) is 2.37. The molecule has 0 fully saturated rings. The molecule has 0 aromatic heterocycles. The van der Waals surface area contributed by atoms with Gasteiger partial charge >= 0.3 is 0 Å². The van der Waals surface area contributed by atoms with E-state index in [1.165, 1.54) is 0 Å². The van der Waals surface area contributed by atoms with E-state index in [1.54, 1.807) is 13.0 Å². The summed E-state index contributed by atoms with van der Waals surface area (Å²) in [6, 6.07) is 3.57. The molecule has 12 heavy (non-hydrogen) atoms. The Morgan fingerprint density at radius 1 is 1.33 bits per heavy atom. The van der Waals surface area contributed by atoms with Crippen molar-refractivity contribution in [3.63, 3.8) is 0 Å². The highest BCUT2D eigenvalue weighted by Crippen LogP contribution is 2.20. The molecule has 0 aliphatic heterocycles. The third-order valence-electron chi connectivity index (χ3n) is 1.86. The zero-order valence-corrected chi connectivity index (χ0v) is 7.32. The molecule has 0 saturated heterocycles. The largest absolute Gasteiger partial charge is 0.399 e. The molecule has 1 rings (SSSR count). The molecule has 0 radical (unpaired) electrons. The molecule has 0 aliphatic rings. The minimum atomic E-state index is -0.262. The van der Waals surface area contributed by atoms with Gasteiger partial charge in [-0.3, -0.25) is 0 Å². The van der Waals surface area contributed by atoms with Gasteiger partial charge in [0.15, 0.2) is 0 Å². The van der Waals surface area contributed by atoms with Crippen molar-refractivity contribution in [3.05, 3.63) is 41.2 Å². The third-order valence-corrected chi connectivity index (χ3v) is 1.86. The van der Waals surface area contributed by atoms with Crippen LogP contribution in [0.25, 0.3) is 5.70 Å². The molecule has 0 heterocycles. The fourth-order valence-corrected chi connectivity index (χ4v) is 1.17.